The summed E-state index contributed by atoms with van der Waals surface area (Å²) in [6, 6.07) is 9.56. The average Bonchev–Trinajstić information content (AvgIpc) is 2.74. The molecule has 8 heteroatoms. The molecule has 0 radical (unpaired) electrons. The fraction of sp³-hybridized carbons (Fsp3) is 0.450. The van der Waals surface area contributed by atoms with E-state index in [-0.39, 0.29) is 5.91 Å². The van der Waals surface area contributed by atoms with Crippen molar-refractivity contribution in [2.24, 2.45) is 0 Å². The van der Waals surface area contributed by atoms with Crippen molar-refractivity contribution in [3.63, 3.8) is 0 Å². The predicted molar refractivity (Wildman–Crippen MR) is 115 cm³/mol. The van der Waals surface area contributed by atoms with Crippen LogP contribution in [0.3, 0.4) is 0 Å². The third-order valence-corrected chi connectivity index (χ3v) is 6.12. The number of hydrogen-bond donors (Lipinski definition) is 1. The van der Waals surface area contributed by atoms with Gasteiger partial charge in [-0.05, 0) is 31.2 Å². The molecule has 28 heavy (non-hydrogen) atoms. The predicted octanol–water partition coefficient (Wildman–Crippen LogP) is 2.94. The number of amides is 1. The molecule has 1 aliphatic rings. The fourth-order valence-electron chi connectivity index (χ4n) is 3.06. The number of halogens is 1. The number of nitrogens with one attached hydrogen (secondary N) is 1. The van der Waals surface area contributed by atoms with Crippen molar-refractivity contribution in [3.8, 4) is 0 Å². The number of carbonyl (C=O) groups is 1. The first-order valence-electron chi connectivity index (χ1n) is 9.61. The van der Waals surface area contributed by atoms with E-state index in [0.29, 0.717) is 6.42 Å². The number of anilines is 1. The quantitative estimate of drug-likeness (QED) is 0.498. The van der Waals surface area contributed by atoms with Crippen molar-refractivity contribution >= 4 is 35.2 Å². The van der Waals surface area contributed by atoms with E-state index >= 15 is 0 Å². The van der Waals surface area contributed by atoms with Crippen molar-refractivity contribution in [2.45, 2.75) is 17.7 Å². The van der Waals surface area contributed by atoms with Gasteiger partial charge in [0, 0.05) is 62.2 Å². The van der Waals surface area contributed by atoms with E-state index in [4.69, 9.17) is 11.6 Å². The molecule has 1 aliphatic heterocycles. The molecule has 6 nitrogen and oxygen atoms in total. The van der Waals surface area contributed by atoms with Gasteiger partial charge in [0.25, 0.3) is 0 Å². The molecule has 2 heterocycles. The van der Waals surface area contributed by atoms with Crippen LogP contribution in [0.4, 0.5) is 5.95 Å². The largest absolute Gasteiger partial charge is 0.356 e. The van der Waals surface area contributed by atoms with E-state index in [1.54, 1.807) is 24.2 Å². The molecule has 1 fully saturated rings. The summed E-state index contributed by atoms with van der Waals surface area (Å²) in [5.74, 6) is 1.65. The Balaban J connectivity index is 1.24. The highest BCUT2D eigenvalue weighted by atomic mass is 35.5. The minimum Gasteiger partial charge on any atom is -0.356 e. The zero-order chi connectivity index (χ0) is 19.6. The van der Waals surface area contributed by atoms with Gasteiger partial charge in [-0.25, -0.2) is 9.97 Å². The monoisotopic (exact) mass is 419 g/mol. The number of piperazine rings is 1. The van der Waals surface area contributed by atoms with E-state index in [0.717, 1.165) is 67.3 Å². The molecular weight excluding hydrogens is 394 g/mol. The summed E-state index contributed by atoms with van der Waals surface area (Å²) in [5, 5.41) is 3.76. The lowest BCUT2D eigenvalue weighted by Gasteiger charge is -2.34. The maximum absolute atomic E-state index is 12.0. The second-order valence-corrected chi connectivity index (χ2v) is 8.15. The standard InChI is InChI=1S/C20H26ClN5OS/c21-17-5-1-2-6-18(17)28-16-7-19(27)22-10-4-11-25-12-14-26(15-13-25)20-23-8-3-9-24-20/h1-3,5-6,8-9H,4,7,10-16H2,(H,22,27). The number of carbonyl (C=O) groups excluding carboxylic acids is 1. The molecule has 0 unspecified atom stereocenters. The summed E-state index contributed by atoms with van der Waals surface area (Å²) < 4.78 is 0. The van der Waals surface area contributed by atoms with Crippen molar-refractivity contribution in [1.29, 1.82) is 0 Å². The topological polar surface area (TPSA) is 61.4 Å². The molecule has 0 saturated carbocycles. The number of thioether (sulfide) groups is 1. The van der Waals surface area contributed by atoms with E-state index < -0.39 is 0 Å². The van der Waals surface area contributed by atoms with Gasteiger partial charge in [0.05, 0.1) is 5.02 Å². The van der Waals surface area contributed by atoms with Crippen molar-refractivity contribution in [3.05, 3.63) is 47.7 Å². The fourth-order valence-corrected chi connectivity index (χ4v) is 4.25. The number of nitrogens with zero attached hydrogens (tertiary/aromatic N) is 4. The second kappa shape index (κ2) is 11.2. The first-order valence-corrected chi connectivity index (χ1v) is 11.0. The van der Waals surface area contributed by atoms with Gasteiger partial charge in [-0.2, -0.15) is 0 Å². The Morgan fingerprint density at radius 2 is 1.86 bits per heavy atom. The smallest absolute Gasteiger partial charge is 0.225 e. The maximum Gasteiger partial charge on any atom is 0.225 e. The third kappa shape index (κ3) is 6.65. The molecule has 2 aromatic rings. The minimum atomic E-state index is 0.102. The number of aromatic nitrogens is 2. The van der Waals surface area contributed by atoms with Gasteiger partial charge in [0.2, 0.25) is 11.9 Å². The summed E-state index contributed by atoms with van der Waals surface area (Å²) in [7, 11) is 0. The summed E-state index contributed by atoms with van der Waals surface area (Å²) in [6.45, 7) is 5.60. The summed E-state index contributed by atoms with van der Waals surface area (Å²) in [5.41, 5.74) is 0. The van der Waals surface area contributed by atoms with Gasteiger partial charge in [-0.15, -0.1) is 11.8 Å². The first kappa shape index (κ1) is 20.9. The van der Waals surface area contributed by atoms with Crippen LogP contribution in [0.25, 0.3) is 0 Å². The Hall–Kier alpha value is -1.83. The Labute approximate surface area is 175 Å². The molecular formula is C20H26ClN5OS. The summed E-state index contributed by atoms with van der Waals surface area (Å²) in [4.78, 5) is 26.3. The zero-order valence-electron chi connectivity index (χ0n) is 15.9. The van der Waals surface area contributed by atoms with Gasteiger partial charge in [0.15, 0.2) is 0 Å². The lowest BCUT2D eigenvalue weighted by molar-refractivity contribution is -0.120. The van der Waals surface area contributed by atoms with Gasteiger partial charge in [0.1, 0.15) is 0 Å². The Kier molecular flexibility index (Phi) is 8.39. The summed E-state index contributed by atoms with van der Waals surface area (Å²) in [6.07, 6.45) is 5.03. The minimum absolute atomic E-state index is 0.102. The van der Waals surface area contributed by atoms with Gasteiger partial charge < -0.3 is 10.2 Å². The lowest BCUT2D eigenvalue weighted by atomic mass is 10.3. The van der Waals surface area contributed by atoms with Crippen molar-refractivity contribution < 1.29 is 4.79 Å². The Bertz CT molecular complexity index is 740. The molecule has 1 N–H and O–H groups in total. The zero-order valence-corrected chi connectivity index (χ0v) is 17.5. The average molecular weight is 420 g/mol. The molecule has 0 atom stereocenters. The first-order chi connectivity index (χ1) is 13.7. The van der Waals surface area contributed by atoms with Crippen LogP contribution in [0.5, 0.6) is 0 Å². The maximum atomic E-state index is 12.0. The Morgan fingerprint density at radius 3 is 2.61 bits per heavy atom. The van der Waals surface area contributed by atoms with Crippen LogP contribution in [-0.2, 0) is 4.79 Å². The highest BCUT2D eigenvalue weighted by molar-refractivity contribution is 7.99. The third-order valence-electron chi connectivity index (χ3n) is 4.60. The van der Waals surface area contributed by atoms with Crippen molar-refractivity contribution in [2.75, 3.05) is 49.9 Å². The van der Waals surface area contributed by atoms with Gasteiger partial charge >= 0.3 is 0 Å². The molecule has 0 spiro atoms. The number of hydrogen-bond acceptors (Lipinski definition) is 6. The van der Waals surface area contributed by atoms with E-state index in [1.165, 1.54) is 0 Å². The SMILES string of the molecule is O=C(CCSc1ccccc1Cl)NCCCN1CCN(c2ncccn2)CC1. The lowest BCUT2D eigenvalue weighted by Crippen LogP contribution is -2.47. The second-order valence-electron chi connectivity index (χ2n) is 6.61. The Morgan fingerprint density at radius 1 is 1.11 bits per heavy atom. The molecule has 0 bridgehead atoms. The highest BCUT2D eigenvalue weighted by Crippen LogP contribution is 2.26. The van der Waals surface area contributed by atoms with Crippen LogP contribution >= 0.6 is 23.4 Å². The normalized spacial score (nSPS) is 14.8. The number of benzene rings is 1. The van der Waals surface area contributed by atoms with Crippen LogP contribution in [0.1, 0.15) is 12.8 Å². The molecule has 1 aromatic carbocycles. The molecule has 150 valence electrons. The molecule has 1 aromatic heterocycles. The van der Waals surface area contributed by atoms with Crippen LogP contribution < -0.4 is 10.2 Å². The molecule has 3 rings (SSSR count). The van der Waals surface area contributed by atoms with Gasteiger partial charge in [-0.3, -0.25) is 9.69 Å². The van der Waals surface area contributed by atoms with E-state index in [1.807, 2.05) is 30.3 Å². The van der Waals surface area contributed by atoms with Crippen LogP contribution in [0.15, 0.2) is 47.6 Å². The highest BCUT2D eigenvalue weighted by Gasteiger charge is 2.18. The van der Waals surface area contributed by atoms with Crippen molar-refractivity contribution in [1.82, 2.24) is 20.2 Å². The molecule has 1 amide bonds. The van der Waals surface area contributed by atoms with Crippen LogP contribution in [0.2, 0.25) is 5.02 Å². The number of rotatable bonds is 9. The van der Waals surface area contributed by atoms with Crippen LogP contribution in [0, 0.1) is 0 Å². The van der Waals surface area contributed by atoms with Gasteiger partial charge in [-0.1, -0.05) is 23.7 Å². The molecule has 1 saturated heterocycles. The van der Waals surface area contributed by atoms with E-state index in [2.05, 4.69) is 25.1 Å². The van der Waals surface area contributed by atoms with Crippen LogP contribution in [-0.4, -0.2) is 65.8 Å². The molecule has 0 aliphatic carbocycles. The summed E-state index contributed by atoms with van der Waals surface area (Å²) >= 11 is 7.74. The van der Waals surface area contributed by atoms with E-state index in [9.17, 15) is 4.79 Å².